The fraction of sp³-hybridized carbons (Fsp3) is 0.933. The van der Waals surface area contributed by atoms with Crippen LogP contribution in [0.2, 0.25) is 0 Å². The van der Waals surface area contributed by atoms with Crippen LogP contribution in [-0.2, 0) is 9.53 Å². The molecule has 2 fully saturated rings. The van der Waals surface area contributed by atoms with Crippen LogP contribution in [0.5, 0.6) is 0 Å². The fourth-order valence-electron chi connectivity index (χ4n) is 2.93. The Labute approximate surface area is 115 Å². The first kappa shape index (κ1) is 14.8. The van der Waals surface area contributed by atoms with E-state index in [9.17, 15) is 9.90 Å². The van der Waals surface area contributed by atoms with Crippen molar-refractivity contribution in [2.24, 2.45) is 11.8 Å². The van der Waals surface area contributed by atoms with Gasteiger partial charge in [0.25, 0.3) is 0 Å². The van der Waals surface area contributed by atoms with Gasteiger partial charge in [-0.05, 0) is 44.9 Å². The highest BCUT2D eigenvalue weighted by atomic mass is 16.5. The molecule has 0 aromatic rings. The quantitative estimate of drug-likeness (QED) is 0.631. The van der Waals surface area contributed by atoms with Crippen LogP contribution in [0.1, 0.15) is 52.4 Å². The minimum atomic E-state index is -0.867. The summed E-state index contributed by atoms with van der Waals surface area (Å²) in [7, 11) is 0. The molecule has 19 heavy (non-hydrogen) atoms. The van der Waals surface area contributed by atoms with E-state index in [1.807, 2.05) is 13.8 Å². The summed E-state index contributed by atoms with van der Waals surface area (Å²) < 4.78 is 5.73. The average Bonchev–Trinajstić information content (AvgIpc) is 3.07. The zero-order valence-corrected chi connectivity index (χ0v) is 12.2. The summed E-state index contributed by atoms with van der Waals surface area (Å²) in [4.78, 5) is 11.7. The molecule has 2 N–H and O–H groups in total. The molecule has 1 atom stereocenters. The number of hydrogen-bond acceptors (Lipinski definition) is 3. The Balaban J connectivity index is 1.83. The summed E-state index contributed by atoms with van der Waals surface area (Å²) >= 11 is 0. The van der Waals surface area contributed by atoms with Crippen LogP contribution < -0.4 is 5.32 Å². The molecule has 110 valence electrons. The van der Waals surface area contributed by atoms with Gasteiger partial charge in [-0.1, -0.05) is 19.3 Å². The Morgan fingerprint density at radius 1 is 1.37 bits per heavy atom. The van der Waals surface area contributed by atoms with Gasteiger partial charge in [-0.2, -0.15) is 0 Å². The molecule has 2 aliphatic rings. The van der Waals surface area contributed by atoms with Crippen LogP contribution in [0, 0.1) is 11.8 Å². The second kappa shape index (κ2) is 6.23. The first-order valence-electron chi connectivity index (χ1n) is 7.63. The maximum Gasteiger partial charge on any atom is 0.326 e. The Kier molecular flexibility index (Phi) is 4.85. The van der Waals surface area contributed by atoms with E-state index < -0.39 is 11.5 Å². The molecule has 0 aromatic heterocycles. The lowest BCUT2D eigenvalue weighted by molar-refractivity contribution is -0.149. The van der Waals surface area contributed by atoms with E-state index in [0.29, 0.717) is 13.2 Å². The first-order valence-corrected chi connectivity index (χ1v) is 7.63. The SMILES string of the molecule is CC(C)NC(COCCC1CCC1)(C(=O)O)C1CC1. The predicted octanol–water partition coefficient (Wildman–Crippen LogP) is 2.42. The van der Waals surface area contributed by atoms with Crippen LogP contribution in [0.3, 0.4) is 0 Å². The lowest BCUT2D eigenvalue weighted by Crippen LogP contribution is -2.59. The number of carbonyl (C=O) groups is 1. The zero-order valence-electron chi connectivity index (χ0n) is 12.2. The maximum atomic E-state index is 11.7. The van der Waals surface area contributed by atoms with Crippen molar-refractivity contribution in [3.8, 4) is 0 Å². The van der Waals surface area contributed by atoms with Crippen molar-refractivity contribution in [1.82, 2.24) is 5.32 Å². The molecule has 4 heteroatoms. The van der Waals surface area contributed by atoms with Crippen molar-refractivity contribution in [3.63, 3.8) is 0 Å². The standard InChI is InChI=1S/C15H27NO3/c1-11(2)16-15(14(17)18,13-6-7-13)10-19-9-8-12-4-3-5-12/h11-13,16H,3-10H2,1-2H3,(H,17,18). The zero-order chi connectivity index (χ0) is 13.9. The molecule has 1 unspecified atom stereocenters. The van der Waals surface area contributed by atoms with E-state index in [4.69, 9.17) is 4.74 Å². The van der Waals surface area contributed by atoms with Crippen molar-refractivity contribution in [2.75, 3.05) is 13.2 Å². The molecule has 0 amide bonds. The summed E-state index contributed by atoms with van der Waals surface area (Å²) in [5.41, 5.74) is -0.867. The van der Waals surface area contributed by atoms with Gasteiger partial charge in [0, 0.05) is 12.6 Å². The molecular weight excluding hydrogens is 242 g/mol. The lowest BCUT2D eigenvalue weighted by Gasteiger charge is -2.33. The third-order valence-corrected chi connectivity index (χ3v) is 4.43. The Hall–Kier alpha value is -0.610. The Morgan fingerprint density at radius 3 is 2.47 bits per heavy atom. The van der Waals surface area contributed by atoms with E-state index in [0.717, 1.165) is 25.2 Å². The van der Waals surface area contributed by atoms with E-state index in [-0.39, 0.29) is 12.0 Å². The van der Waals surface area contributed by atoms with Gasteiger partial charge in [0.05, 0.1) is 6.61 Å². The van der Waals surface area contributed by atoms with E-state index >= 15 is 0 Å². The molecule has 0 bridgehead atoms. The molecule has 0 aliphatic heterocycles. The van der Waals surface area contributed by atoms with Crippen molar-refractivity contribution < 1.29 is 14.6 Å². The van der Waals surface area contributed by atoms with Crippen LogP contribution >= 0.6 is 0 Å². The summed E-state index contributed by atoms with van der Waals surface area (Å²) in [6.45, 7) is 4.99. The van der Waals surface area contributed by atoms with Crippen LogP contribution in [0.4, 0.5) is 0 Å². The smallest absolute Gasteiger partial charge is 0.326 e. The number of ether oxygens (including phenoxy) is 1. The highest BCUT2D eigenvalue weighted by molar-refractivity contribution is 5.80. The summed E-state index contributed by atoms with van der Waals surface area (Å²) in [5, 5.41) is 12.9. The van der Waals surface area contributed by atoms with Gasteiger partial charge >= 0.3 is 5.97 Å². The predicted molar refractivity (Wildman–Crippen MR) is 74.1 cm³/mol. The Morgan fingerprint density at radius 2 is 2.05 bits per heavy atom. The topological polar surface area (TPSA) is 58.6 Å². The largest absolute Gasteiger partial charge is 0.480 e. The first-order chi connectivity index (χ1) is 9.04. The summed E-state index contributed by atoms with van der Waals surface area (Å²) in [6.07, 6.45) is 7.07. The minimum absolute atomic E-state index is 0.159. The summed E-state index contributed by atoms with van der Waals surface area (Å²) in [6, 6.07) is 0.159. The molecule has 0 heterocycles. The monoisotopic (exact) mass is 269 g/mol. The van der Waals surface area contributed by atoms with Crippen LogP contribution in [0.25, 0.3) is 0 Å². The fourth-order valence-corrected chi connectivity index (χ4v) is 2.93. The molecule has 2 rings (SSSR count). The highest BCUT2D eigenvalue weighted by Gasteiger charge is 2.51. The van der Waals surface area contributed by atoms with Crippen molar-refractivity contribution in [3.05, 3.63) is 0 Å². The van der Waals surface area contributed by atoms with Crippen LogP contribution in [-0.4, -0.2) is 35.9 Å². The minimum Gasteiger partial charge on any atom is -0.480 e. The molecule has 0 saturated heterocycles. The van der Waals surface area contributed by atoms with Crippen molar-refractivity contribution in [2.45, 2.75) is 64.0 Å². The van der Waals surface area contributed by atoms with Gasteiger partial charge in [-0.3, -0.25) is 10.1 Å². The van der Waals surface area contributed by atoms with Gasteiger partial charge < -0.3 is 9.84 Å². The number of aliphatic carboxylic acids is 1. The van der Waals surface area contributed by atoms with E-state index in [1.165, 1.54) is 19.3 Å². The molecule has 2 aliphatic carbocycles. The molecular formula is C15H27NO3. The second-order valence-electron chi connectivity index (χ2n) is 6.49. The third kappa shape index (κ3) is 3.69. The number of nitrogens with one attached hydrogen (secondary N) is 1. The van der Waals surface area contributed by atoms with Crippen molar-refractivity contribution in [1.29, 1.82) is 0 Å². The molecule has 2 saturated carbocycles. The Bertz CT molecular complexity index is 311. The van der Waals surface area contributed by atoms with Crippen LogP contribution in [0.15, 0.2) is 0 Å². The van der Waals surface area contributed by atoms with Gasteiger partial charge in [-0.15, -0.1) is 0 Å². The lowest BCUT2D eigenvalue weighted by atomic mass is 9.83. The molecule has 0 radical (unpaired) electrons. The van der Waals surface area contributed by atoms with Gasteiger partial charge in [0.1, 0.15) is 5.54 Å². The maximum absolute atomic E-state index is 11.7. The summed E-state index contributed by atoms with van der Waals surface area (Å²) in [5.74, 6) is 0.293. The number of carboxylic acid groups (broad SMARTS) is 1. The van der Waals surface area contributed by atoms with E-state index in [1.54, 1.807) is 0 Å². The molecule has 0 spiro atoms. The highest BCUT2D eigenvalue weighted by Crippen LogP contribution is 2.40. The van der Waals surface area contributed by atoms with Gasteiger partial charge in [0.15, 0.2) is 0 Å². The molecule has 4 nitrogen and oxygen atoms in total. The average molecular weight is 269 g/mol. The van der Waals surface area contributed by atoms with Crippen molar-refractivity contribution >= 4 is 5.97 Å². The normalized spacial score (nSPS) is 23.1. The molecule has 0 aromatic carbocycles. The number of hydrogen-bond donors (Lipinski definition) is 2. The van der Waals surface area contributed by atoms with E-state index in [2.05, 4.69) is 5.32 Å². The number of carboxylic acids is 1. The second-order valence-corrected chi connectivity index (χ2v) is 6.49. The van der Waals surface area contributed by atoms with Gasteiger partial charge in [-0.25, -0.2) is 0 Å². The van der Waals surface area contributed by atoms with Gasteiger partial charge in [0.2, 0.25) is 0 Å². The number of rotatable bonds is 9. The third-order valence-electron chi connectivity index (χ3n) is 4.43.